The number of rotatable bonds is 9. The smallest absolute Gasteiger partial charge is 0.247 e. The molecule has 2 atom stereocenters. The van der Waals surface area contributed by atoms with E-state index in [1.165, 1.54) is 19.3 Å². The summed E-state index contributed by atoms with van der Waals surface area (Å²) in [6.07, 6.45) is 8.26. The quantitative estimate of drug-likeness (QED) is 0.572. The van der Waals surface area contributed by atoms with Gasteiger partial charge in [-0.05, 0) is 49.7 Å². The van der Waals surface area contributed by atoms with Crippen molar-refractivity contribution in [2.75, 3.05) is 19.7 Å². The third-order valence-electron chi connectivity index (χ3n) is 7.18. The van der Waals surface area contributed by atoms with Gasteiger partial charge in [0, 0.05) is 19.7 Å². The van der Waals surface area contributed by atoms with Crippen LogP contribution in [0.15, 0.2) is 54.6 Å². The first-order valence-corrected chi connectivity index (χ1v) is 12.9. The Hall–Kier alpha value is -2.66. The van der Waals surface area contributed by atoms with Gasteiger partial charge < -0.3 is 15.0 Å². The van der Waals surface area contributed by atoms with Crippen LogP contribution in [0.2, 0.25) is 0 Å². The van der Waals surface area contributed by atoms with Gasteiger partial charge in [-0.3, -0.25) is 9.59 Å². The van der Waals surface area contributed by atoms with Gasteiger partial charge in [0.2, 0.25) is 11.8 Å². The third kappa shape index (κ3) is 6.69. The number of benzene rings is 2. The summed E-state index contributed by atoms with van der Waals surface area (Å²) < 4.78 is 5.72. The second kappa shape index (κ2) is 12.2. The molecule has 1 aliphatic heterocycles. The van der Waals surface area contributed by atoms with E-state index in [4.69, 9.17) is 4.74 Å². The molecule has 4 rings (SSSR count). The zero-order valence-corrected chi connectivity index (χ0v) is 20.4. The summed E-state index contributed by atoms with van der Waals surface area (Å²) in [5.74, 6) is 0.332. The minimum absolute atomic E-state index is 0.00890. The summed E-state index contributed by atoms with van der Waals surface area (Å²) in [6, 6.07) is 17.2. The van der Waals surface area contributed by atoms with E-state index < -0.39 is 6.04 Å². The fourth-order valence-corrected chi connectivity index (χ4v) is 5.21. The van der Waals surface area contributed by atoms with Crippen molar-refractivity contribution in [2.45, 2.75) is 70.4 Å². The van der Waals surface area contributed by atoms with Crippen LogP contribution in [0.5, 0.6) is 0 Å². The van der Waals surface area contributed by atoms with E-state index in [9.17, 15) is 9.59 Å². The molecule has 34 heavy (non-hydrogen) atoms. The number of hydrogen-bond donors (Lipinski definition) is 1. The maximum absolute atomic E-state index is 13.8. The molecular weight excluding hydrogens is 424 g/mol. The molecule has 2 unspecified atom stereocenters. The first kappa shape index (κ1) is 24.5. The Morgan fingerprint density at radius 3 is 2.38 bits per heavy atom. The van der Waals surface area contributed by atoms with Gasteiger partial charge in [0.25, 0.3) is 0 Å². The molecule has 5 heteroatoms. The van der Waals surface area contributed by atoms with Crippen molar-refractivity contribution >= 4 is 11.8 Å². The van der Waals surface area contributed by atoms with Gasteiger partial charge in [0.15, 0.2) is 0 Å². The summed E-state index contributed by atoms with van der Waals surface area (Å²) in [7, 11) is 0. The second-order valence-corrected chi connectivity index (χ2v) is 9.91. The number of carbonyl (C=O) groups excluding carboxylic acids is 2. The minimum atomic E-state index is -0.639. The van der Waals surface area contributed by atoms with Crippen LogP contribution < -0.4 is 5.32 Å². The lowest BCUT2D eigenvalue weighted by Gasteiger charge is -2.35. The van der Waals surface area contributed by atoms with Crippen LogP contribution in [-0.2, 0) is 20.7 Å². The summed E-state index contributed by atoms with van der Waals surface area (Å²) in [5.41, 5.74) is 2.98. The molecule has 1 saturated carbocycles. The van der Waals surface area contributed by atoms with E-state index in [0.717, 1.165) is 49.0 Å². The molecule has 1 saturated heterocycles. The number of carbonyl (C=O) groups is 2. The molecule has 2 fully saturated rings. The third-order valence-corrected chi connectivity index (χ3v) is 7.18. The second-order valence-electron chi connectivity index (χ2n) is 9.91. The zero-order chi connectivity index (χ0) is 23.8. The maximum Gasteiger partial charge on any atom is 0.247 e. The zero-order valence-electron chi connectivity index (χ0n) is 20.4. The summed E-state index contributed by atoms with van der Waals surface area (Å²) in [5, 5.41) is 3.12. The van der Waals surface area contributed by atoms with E-state index in [1.54, 1.807) is 0 Å². The van der Waals surface area contributed by atoms with Crippen molar-refractivity contribution < 1.29 is 14.3 Å². The van der Waals surface area contributed by atoms with E-state index >= 15 is 0 Å². The van der Waals surface area contributed by atoms with Crippen molar-refractivity contribution in [2.24, 2.45) is 5.92 Å². The normalized spacial score (nSPS) is 19.5. The highest BCUT2D eigenvalue weighted by atomic mass is 16.5. The molecule has 1 aliphatic carbocycles. The van der Waals surface area contributed by atoms with Gasteiger partial charge in [-0.1, -0.05) is 79.4 Å². The molecule has 182 valence electrons. The van der Waals surface area contributed by atoms with Crippen molar-refractivity contribution in [1.29, 1.82) is 0 Å². The predicted molar refractivity (Wildman–Crippen MR) is 134 cm³/mol. The largest absolute Gasteiger partial charge is 0.376 e. The number of amides is 2. The Morgan fingerprint density at radius 2 is 1.71 bits per heavy atom. The SMILES string of the molecule is Cc1ccc(C(C(=O)NCC2CCCO2)N(CC2CCCCC2)C(=O)Cc2ccccc2)cc1. The molecule has 2 aromatic carbocycles. The van der Waals surface area contributed by atoms with E-state index in [2.05, 4.69) is 5.32 Å². The maximum atomic E-state index is 13.8. The molecule has 0 bridgehead atoms. The lowest BCUT2D eigenvalue weighted by atomic mass is 9.88. The lowest BCUT2D eigenvalue weighted by molar-refractivity contribution is -0.141. The lowest BCUT2D eigenvalue weighted by Crippen LogP contribution is -2.47. The first-order valence-electron chi connectivity index (χ1n) is 12.9. The fraction of sp³-hybridized carbons (Fsp3) is 0.517. The number of nitrogens with zero attached hydrogens (tertiary/aromatic N) is 1. The van der Waals surface area contributed by atoms with E-state index in [1.807, 2.05) is 66.4 Å². The Morgan fingerprint density at radius 1 is 0.971 bits per heavy atom. The Bertz CT molecular complexity index is 916. The highest BCUT2D eigenvalue weighted by Gasteiger charge is 2.34. The molecule has 5 nitrogen and oxygen atoms in total. The van der Waals surface area contributed by atoms with E-state index in [-0.39, 0.29) is 17.9 Å². The Labute approximate surface area is 203 Å². The number of aryl methyl sites for hydroxylation is 1. The average Bonchev–Trinajstić information content (AvgIpc) is 3.38. The molecular formula is C29H38N2O3. The first-order chi connectivity index (χ1) is 16.6. The molecule has 2 aliphatic rings. The highest BCUT2D eigenvalue weighted by molar-refractivity contribution is 5.89. The predicted octanol–water partition coefficient (Wildman–Crippen LogP) is 4.98. The van der Waals surface area contributed by atoms with Crippen LogP contribution >= 0.6 is 0 Å². The molecule has 0 spiro atoms. The van der Waals surface area contributed by atoms with Crippen LogP contribution in [0.1, 0.15) is 67.7 Å². The van der Waals surface area contributed by atoms with E-state index in [0.29, 0.717) is 25.4 Å². The number of nitrogens with one attached hydrogen (secondary N) is 1. The van der Waals surface area contributed by atoms with Crippen LogP contribution in [-0.4, -0.2) is 42.5 Å². The van der Waals surface area contributed by atoms with Crippen LogP contribution in [0, 0.1) is 12.8 Å². The summed E-state index contributed by atoms with van der Waals surface area (Å²) >= 11 is 0. The topological polar surface area (TPSA) is 58.6 Å². The van der Waals surface area contributed by atoms with Crippen LogP contribution in [0.3, 0.4) is 0 Å². The average molecular weight is 463 g/mol. The van der Waals surface area contributed by atoms with Gasteiger partial charge in [0.1, 0.15) is 6.04 Å². The van der Waals surface area contributed by atoms with Gasteiger partial charge in [-0.15, -0.1) is 0 Å². The molecule has 0 aromatic heterocycles. The number of hydrogen-bond acceptors (Lipinski definition) is 3. The standard InChI is InChI=1S/C29H38N2O3/c1-22-14-16-25(17-15-22)28(29(33)30-20-26-13-8-18-34-26)31(21-24-11-6-3-7-12-24)27(32)19-23-9-4-2-5-10-23/h2,4-5,9-10,14-17,24,26,28H,3,6-8,11-13,18-21H2,1H3,(H,30,33). The van der Waals surface area contributed by atoms with Gasteiger partial charge in [0.05, 0.1) is 12.5 Å². The van der Waals surface area contributed by atoms with Gasteiger partial charge in [-0.25, -0.2) is 0 Å². The van der Waals surface area contributed by atoms with Gasteiger partial charge in [-0.2, -0.15) is 0 Å². The Balaban J connectivity index is 1.60. The molecule has 2 amide bonds. The van der Waals surface area contributed by atoms with Crippen molar-refractivity contribution in [3.8, 4) is 0 Å². The number of ether oxygens (including phenoxy) is 1. The van der Waals surface area contributed by atoms with Crippen LogP contribution in [0.4, 0.5) is 0 Å². The molecule has 2 aromatic rings. The highest BCUT2D eigenvalue weighted by Crippen LogP contribution is 2.30. The van der Waals surface area contributed by atoms with Crippen LogP contribution in [0.25, 0.3) is 0 Å². The van der Waals surface area contributed by atoms with Gasteiger partial charge >= 0.3 is 0 Å². The Kier molecular flexibility index (Phi) is 8.75. The summed E-state index contributed by atoms with van der Waals surface area (Å²) in [6.45, 7) is 3.91. The summed E-state index contributed by atoms with van der Waals surface area (Å²) in [4.78, 5) is 29.3. The fourth-order valence-electron chi connectivity index (χ4n) is 5.21. The van der Waals surface area contributed by atoms with Crippen molar-refractivity contribution in [1.82, 2.24) is 10.2 Å². The molecule has 0 radical (unpaired) electrons. The van der Waals surface area contributed by atoms with Crippen molar-refractivity contribution in [3.63, 3.8) is 0 Å². The monoisotopic (exact) mass is 462 g/mol. The van der Waals surface area contributed by atoms with Crippen molar-refractivity contribution in [3.05, 3.63) is 71.3 Å². The molecule has 1 heterocycles. The molecule has 1 N–H and O–H groups in total. The minimum Gasteiger partial charge on any atom is -0.376 e.